The van der Waals surface area contributed by atoms with Crippen LogP contribution in [-0.4, -0.2) is 67.5 Å². The second kappa shape index (κ2) is 11.0. The topological polar surface area (TPSA) is 101 Å². The Kier molecular flexibility index (Phi) is 8.13. The molecular formula is C29H26F9NO6S. The molecule has 1 saturated carbocycles. The Morgan fingerprint density at radius 3 is 2.04 bits per heavy atom. The van der Waals surface area contributed by atoms with Gasteiger partial charge >= 0.3 is 24.0 Å². The van der Waals surface area contributed by atoms with Gasteiger partial charge in [0, 0.05) is 17.7 Å². The monoisotopic (exact) mass is 687 g/mol. The van der Waals surface area contributed by atoms with E-state index in [1.807, 2.05) is 0 Å². The highest BCUT2D eigenvalue weighted by Crippen LogP contribution is 2.57. The Hall–Kier alpha value is -3.50. The molecule has 1 aliphatic carbocycles. The molecule has 0 spiro atoms. The number of rotatable bonds is 5. The zero-order chi connectivity index (χ0) is 34.1. The van der Waals surface area contributed by atoms with Crippen molar-refractivity contribution in [2.75, 3.05) is 13.2 Å². The second-order valence-electron chi connectivity index (χ2n) is 11.7. The van der Waals surface area contributed by atoms with E-state index in [4.69, 9.17) is 4.74 Å². The molecule has 2 fully saturated rings. The molecule has 2 heterocycles. The summed E-state index contributed by atoms with van der Waals surface area (Å²) in [6.45, 7) is -1.07. The van der Waals surface area contributed by atoms with Crippen LogP contribution in [0.3, 0.4) is 0 Å². The van der Waals surface area contributed by atoms with Crippen molar-refractivity contribution < 1.29 is 67.4 Å². The van der Waals surface area contributed by atoms with Crippen molar-refractivity contribution in [3.8, 4) is 5.75 Å². The third-order valence-corrected chi connectivity index (χ3v) is 11.8. The number of piperidine rings is 1. The normalized spacial score (nSPS) is 27.3. The molecular weight excluding hydrogens is 661 g/mol. The van der Waals surface area contributed by atoms with Crippen molar-refractivity contribution in [3.05, 3.63) is 59.4 Å². The fourth-order valence-electron chi connectivity index (χ4n) is 6.81. The van der Waals surface area contributed by atoms with Gasteiger partial charge in [-0.05, 0) is 68.9 Å². The first-order valence-electron chi connectivity index (χ1n) is 14.0. The van der Waals surface area contributed by atoms with Crippen LogP contribution in [0.5, 0.6) is 5.75 Å². The molecule has 252 valence electrons. The van der Waals surface area contributed by atoms with Gasteiger partial charge in [-0.25, -0.2) is 21.6 Å². The van der Waals surface area contributed by atoms with Gasteiger partial charge in [-0.15, -0.1) is 0 Å². The predicted octanol–water partition coefficient (Wildman–Crippen LogP) is 6.15. The highest BCUT2D eigenvalue weighted by Gasteiger charge is 2.74. The van der Waals surface area contributed by atoms with Crippen LogP contribution in [-0.2, 0) is 29.8 Å². The lowest BCUT2D eigenvalue weighted by Crippen LogP contribution is -2.66. The van der Waals surface area contributed by atoms with E-state index in [-0.39, 0.29) is 44.4 Å². The summed E-state index contributed by atoms with van der Waals surface area (Å²) >= 11 is 0. The maximum atomic E-state index is 16.2. The largest absolute Gasteiger partial charge is 0.491 e. The number of benzene rings is 2. The second-order valence-corrected chi connectivity index (χ2v) is 13.9. The van der Waals surface area contributed by atoms with Crippen molar-refractivity contribution in [2.45, 2.75) is 77.9 Å². The highest BCUT2D eigenvalue weighted by molar-refractivity contribution is 7.92. The van der Waals surface area contributed by atoms with E-state index in [9.17, 15) is 58.2 Å². The first-order valence-corrected chi connectivity index (χ1v) is 15.5. The lowest BCUT2D eigenvalue weighted by molar-refractivity contribution is -0.348. The number of hydrogen-bond acceptors (Lipinski definition) is 5. The van der Waals surface area contributed by atoms with E-state index in [1.54, 1.807) is 0 Å². The summed E-state index contributed by atoms with van der Waals surface area (Å²) in [5.74, 6) is -4.94. The van der Waals surface area contributed by atoms with Gasteiger partial charge in [-0.2, -0.15) is 26.3 Å². The number of fused-ring (bicyclic) bond motifs is 3. The molecule has 0 radical (unpaired) electrons. The summed E-state index contributed by atoms with van der Waals surface area (Å²) in [6.07, 6.45) is -14.9. The summed E-state index contributed by atoms with van der Waals surface area (Å²) in [5, 5.41) is 9.28. The van der Waals surface area contributed by atoms with Crippen LogP contribution in [0.1, 0.15) is 49.7 Å². The lowest BCUT2D eigenvalue weighted by Gasteiger charge is -2.53. The maximum Gasteiger partial charge on any atom is 0.435 e. The zero-order valence-corrected chi connectivity index (χ0v) is 24.4. The number of carbonyl (C=O) groups excluding carboxylic acids is 1. The van der Waals surface area contributed by atoms with Crippen molar-refractivity contribution in [2.24, 2.45) is 5.92 Å². The third kappa shape index (κ3) is 4.99. The first kappa shape index (κ1) is 33.9. The fourth-order valence-corrected chi connectivity index (χ4v) is 9.15. The number of halogens is 9. The number of hydrogen-bond donors (Lipinski definition) is 1. The van der Waals surface area contributed by atoms with E-state index in [2.05, 4.69) is 0 Å². The lowest BCUT2D eigenvalue weighted by atomic mass is 9.76. The standard InChI is InChI=1S/C29H26F9NO6S/c30-18-3-5-19(6-4-18)46(43,44)26-10-1-13-39(24(42)25(31)11-8-16(9-12-25)23(40)41)22(26)15-45-21-14-17(2-7-20(21)26)27(32,28(33,34)35)29(36,37)38/h2-7,14,16,22H,1,8-13,15H2,(H,40,41). The molecule has 1 saturated heterocycles. The molecule has 2 atom stereocenters. The maximum absolute atomic E-state index is 16.2. The van der Waals surface area contributed by atoms with Gasteiger partial charge in [-0.1, -0.05) is 12.1 Å². The quantitative estimate of drug-likeness (QED) is 0.299. The molecule has 5 rings (SSSR count). The van der Waals surface area contributed by atoms with Crippen LogP contribution >= 0.6 is 0 Å². The van der Waals surface area contributed by atoms with E-state index in [0.717, 1.165) is 29.2 Å². The minimum atomic E-state index is -6.47. The van der Waals surface area contributed by atoms with Crippen LogP contribution in [0.15, 0.2) is 47.4 Å². The Morgan fingerprint density at radius 1 is 0.913 bits per heavy atom. The number of ether oxygens (including phenoxy) is 1. The Bertz CT molecular complexity index is 1620. The Morgan fingerprint density at radius 2 is 1.50 bits per heavy atom. The Balaban J connectivity index is 1.67. The third-order valence-electron chi connectivity index (χ3n) is 9.25. The van der Waals surface area contributed by atoms with Crippen molar-refractivity contribution in [3.63, 3.8) is 0 Å². The first-order chi connectivity index (χ1) is 21.2. The molecule has 1 amide bonds. The van der Waals surface area contributed by atoms with Crippen molar-refractivity contribution >= 4 is 21.7 Å². The molecule has 17 heteroatoms. The van der Waals surface area contributed by atoms with E-state index < -0.39 is 109 Å². The Labute approximate surface area is 256 Å². The van der Waals surface area contributed by atoms with Gasteiger partial charge in [-0.3, -0.25) is 9.59 Å². The fraction of sp³-hybridized carbons (Fsp3) is 0.517. The number of carboxylic acid groups (broad SMARTS) is 1. The van der Waals surface area contributed by atoms with Crippen molar-refractivity contribution in [1.29, 1.82) is 0 Å². The number of nitrogens with zero attached hydrogens (tertiary/aromatic N) is 1. The number of amides is 1. The average molecular weight is 688 g/mol. The van der Waals surface area contributed by atoms with Crippen LogP contribution < -0.4 is 4.74 Å². The number of carbonyl (C=O) groups is 2. The van der Waals surface area contributed by atoms with E-state index in [0.29, 0.717) is 6.07 Å². The van der Waals surface area contributed by atoms with Gasteiger partial charge < -0.3 is 14.7 Å². The summed E-state index contributed by atoms with van der Waals surface area (Å²) in [4.78, 5) is 25.5. The molecule has 7 nitrogen and oxygen atoms in total. The summed E-state index contributed by atoms with van der Waals surface area (Å²) in [7, 11) is -4.83. The number of alkyl halides is 8. The molecule has 46 heavy (non-hydrogen) atoms. The molecule has 3 aliphatic rings. The smallest absolute Gasteiger partial charge is 0.435 e. The van der Waals surface area contributed by atoms with Crippen molar-refractivity contribution in [1.82, 2.24) is 4.90 Å². The number of carboxylic acids is 1. The van der Waals surface area contributed by atoms with Gasteiger partial charge in [0.25, 0.3) is 5.91 Å². The zero-order valence-electron chi connectivity index (χ0n) is 23.6. The summed E-state index contributed by atoms with van der Waals surface area (Å²) in [6, 6.07) is 2.57. The number of sulfone groups is 1. The van der Waals surface area contributed by atoms with E-state index >= 15 is 4.39 Å². The molecule has 1 N–H and O–H groups in total. The van der Waals surface area contributed by atoms with Gasteiger partial charge in [0.2, 0.25) is 0 Å². The van der Waals surface area contributed by atoms with Gasteiger partial charge in [0.15, 0.2) is 15.5 Å². The average Bonchev–Trinajstić information content (AvgIpc) is 2.98. The summed E-state index contributed by atoms with van der Waals surface area (Å²) < 4.78 is 158. The van der Waals surface area contributed by atoms with Crippen LogP contribution in [0.2, 0.25) is 0 Å². The minimum absolute atomic E-state index is 0.110. The molecule has 2 aliphatic heterocycles. The van der Waals surface area contributed by atoms with Gasteiger partial charge in [0.1, 0.15) is 22.9 Å². The number of likely N-dealkylation sites (tertiary alicyclic amines) is 1. The van der Waals surface area contributed by atoms with Crippen LogP contribution in [0.25, 0.3) is 0 Å². The predicted molar refractivity (Wildman–Crippen MR) is 140 cm³/mol. The summed E-state index contributed by atoms with van der Waals surface area (Å²) in [5.41, 5.74) is -10.9. The molecule has 2 unspecified atom stereocenters. The molecule has 0 aromatic heterocycles. The SMILES string of the molecule is O=C(O)C1CCC(F)(C(=O)N2CCCC3(S(=O)(=O)c4ccc(F)cc4)c4ccc(C(F)(C(F)(F)F)C(F)(F)F)cc4OCC23)CC1. The van der Waals surface area contributed by atoms with E-state index in [1.165, 1.54) is 0 Å². The van der Waals surface area contributed by atoms with Crippen LogP contribution in [0, 0.1) is 11.7 Å². The molecule has 2 aromatic rings. The number of aliphatic carboxylic acids is 1. The van der Waals surface area contributed by atoms with Gasteiger partial charge in [0.05, 0.1) is 16.9 Å². The van der Waals surface area contributed by atoms with Crippen LogP contribution in [0.4, 0.5) is 39.5 Å². The minimum Gasteiger partial charge on any atom is -0.491 e. The highest BCUT2D eigenvalue weighted by atomic mass is 32.2. The molecule has 0 bridgehead atoms. The molecule has 2 aromatic carbocycles.